The van der Waals surface area contributed by atoms with Crippen molar-refractivity contribution in [1.82, 2.24) is 9.97 Å². The Balaban J connectivity index is 2.06. The Bertz CT molecular complexity index is 1280. The van der Waals surface area contributed by atoms with Crippen LogP contribution >= 0.6 is 7.14 Å². The molecule has 0 aliphatic heterocycles. The Morgan fingerprint density at radius 3 is 2.04 bits per heavy atom. The molecule has 0 aliphatic carbocycles. The number of nitriles is 1. The first-order valence-corrected chi connectivity index (χ1v) is 10.4. The van der Waals surface area contributed by atoms with Gasteiger partial charge in [0.05, 0.1) is 5.52 Å². The monoisotopic (exact) mass is 385 g/mol. The molecule has 6 heteroatoms. The topological polar surface area (TPSA) is 86.6 Å². The molecule has 4 aromatic rings. The molecule has 5 nitrogen and oxygen atoms in total. The van der Waals surface area contributed by atoms with Crippen LogP contribution in [-0.2, 0) is 4.57 Å². The number of aryl methyl sites for hydroxylation is 1. The van der Waals surface area contributed by atoms with Crippen LogP contribution in [0.25, 0.3) is 11.0 Å². The summed E-state index contributed by atoms with van der Waals surface area (Å²) in [7, 11) is -3.28. The zero-order chi connectivity index (χ0) is 19.7. The average molecular weight is 385 g/mol. The van der Waals surface area contributed by atoms with E-state index >= 15 is 0 Å². The SMILES string of the molecule is Cc1[nH]c2ccc(P(=O)(c3ccccc3)c3ccccc3)nc2c(=O)c1C#N. The van der Waals surface area contributed by atoms with Crippen molar-refractivity contribution in [3.63, 3.8) is 0 Å². The van der Waals surface area contributed by atoms with E-state index in [2.05, 4.69) is 9.97 Å². The van der Waals surface area contributed by atoms with Gasteiger partial charge in [0.2, 0.25) is 5.43 Å². The summed E-state index contributed by atoms with van der Waals surface area (Å²) in [5, 5.41) is 10.6. The Hall–Kier alpha value is -3.48. The van der Waals surface area contributed by atoms with Crippen LogP contribution in [0.1, 0.15) is 11.3 Å². The van der Waals surface area contributed by atoms with Gasteiger partial charge in [-0.15, -0.1) is 0 Å². The van der Waals surface area contributed by atoms with Crippen LogP contribution in [0.4, 0.5) is 0 Å². The van der Waals surface area contributed by atoms with Gasteiger partial charge in [0.1, 0.15) is 22.6 Å². The zero-order valence-electron chi connectivity index (χ0n) is 15.1. The number of nitrogens with zero attached hydrogens (tertiary/aromatic N) is 2. The molecule has 4 rings (SSSR count). The van der Waals surface area contributed by atoms with Gasteiger partial charge in [0, 0.05) is 16.3 Å². The molecule has 0 fully saturated rings. The van der Waals surface area contributed by atoms with Crippen molar-refractivity contribution in [3.8, 4) is 6.07 Å². The predicted molar refractivity (Wildman–Crippen MR) is 111 cm³/mol. The number of aromatic amines is 1. The van der Waals surface area contributed by atoms with Gasteiger partial charge in [-0.25, -0.2) is 4.98 Å². The molecule has 0 saturated heterocycles. The quantitative estimate of drug-likeness (QED) is 0.550. The molecular weight excluding hydrogens is 369 g/mol. The number of pyridine rings is 2. The van der Waals surface area contributed by atoms with E-state index in [4.69, 9.17) is 0 Å². The minimum atomic E-state index is -3.28. The van der Waals surface area contributed by atoms with E-state index in [9.17, 15) is 14.6 Å². The second kappa shape index (κ2) is 6.92. The van der Waals surface area contributed by atoms with Crippen LogP contribution in [0.5, 0.6) is 0 Å². The maximum atomic E-state index is 14.4. The summed E-state index contributed by atoms with van der Waals surface area (Å²) < 4.78 is 14.4. The molecule has 0 amide bonds. The molecular formula is C22H16N3O2P. The van der Waals surface area contributed by atoms with E-state index in [-0.39, 0.29) is 11.1 Å². The fourth-order valence-corrected chi connectivity index (χ4v) is 5.81. The van der Waals surface area contributed by atoms with Crippen LogP contribution in [0.2, 0.25) is 0 Å². The van der Waals surface area contributed by atoms with Gasteiger partial charge in [-0.3, -0.25) is 4.79 Å². The molecule has 0 atom stereocenters. The molecule has 0 unspecified atom stereocenters. The third kappa shape index (κ3) is 2.76. The molecule has 2 aromatic carbocycles. The van der Waals surface area contributed by atoms with Gasteiger partial charge in [0.25, 0.3) is 0 Å². The predicted octanol–water partition coefficient (Wildman–Crippen LogP) is 2.74. The third-order valence-corrected chi connectivity index (χ3v) is 7.64. The first-order valence-electron chi connectivity index (χ1n) is 8.71. The highest BCUT2D eigenvalue weighted by Crippen LogP contribution is 2.41. The summed E-state index contributed by atoms with van der Waals surface area (Å²) in [4.78, 5) is 20.3. The lowest BCUT2D eigenvalue weighted by Gasteiger charge is -2.19. The number of benzene rings is 2. The van der Waals surface area contributed by atoms with Gasteiger partial charge >= 0.3 is 0 Å². The standard InChI is InChI=1S/C22H16N3O2P/c1-15-18(14-23)22(26)21-19(24-15)12-13-20(25-21)28(27,16-8-4-2-5-9-16)17-10-6-3-7-11-17/h2-13H,1H3,(H,24,26). The van der Waals surface area contributed by atoms with Crippen LogP contribution in [-0.4, -0.2) is 9.97 Å². The fraction of sp³-hybridized carbons (Fsp3) is 0.0455. The Labute approximate surface area is 161 Å². The van der Waals surface area contributed by atoms with E-state index in [1.807, 2.05) is 42.5 Å². The summed E-state index contributed by atoms with van der Waals surface area (Å²) in [6, 6.07) is 23.6. The number of H-pyrrole nitrogens is 1. The van der Waals surface area contributed by atoms with E-state index in [0.717, 1.165) is 0 Å². The van der Waals surface area contributed by atoms with Gasteiger partial charge in [0.15, 0.2) is 7.14 Å². The van der Waals surface area contributed by atoms with Crippen molar-refractivity contribution < 1.29 is 4.57 Å². The fourth-order valence-electron chi connectivity index (χ4n) is 3.28. The Kier molecular flexibility index (Phi) is 4.43. The minimum Gasteiger partial charge on any atom is -0.356 e. The summed E-state index contributed by atoms with van der Waals surface area (Å²) in [6.07, 6.45) is 0. The Morgan fingerprint density at radius 2 is 1.50 bits per heavy atom. The van der Waals surface area contributed by atoms with Crippen LogP contribution in [0, 0.1) is 18.3 Å². The molecule has 136 valence electrons. The molecule has 0 bridgehead atoms. The largest absolute Gasteiger partial charge is 0.356 e. The number of aromatic nitrogens is 2. The van der Waals surface area contributed by atoms with E-state index in [1.165, 1.54) is 0 Å². The van der Waals surface area contributed by atoms with Crippen molar-refractivity contribution in [3.05, 3.63) is 94.3 Å². The normalized spacial score (nSPS) is 11.3. The number of hydrogen-bond donors (Lipinski definition) is 1. The highest BCUT2D eigenvalue weighted by Gasteiger charge is 2.31. The number of fused-ring (bicyclic) bond motifs is 1. The molecule has 1 N–H and O–H groups in total. The lowest BCUT2D eigenvalue weighted by molar-refractivity contribution is 0.592. The van der Waals surface area contributed by atoms with E-state index < -0.39 is 12.6 Å². The highest BCUT2D eigenvalue weighted by atomic mass is 31.2. The lowest BCUT2D eigenvalue weighted by Crippen LogP contribution is -2.28. The zero-order valence-corrected chi connectivity index (χ0v) is 16.0. The van der Waals surface area contributed by atoms with Crippen molar-refractivity contribution in [2.45, 2.75) is 6.92 Å². The molecule has 0 aliphatic rings. The molecule has 0 radical (unpaired) electrons. The Morgan fingerprint density at radius 1 is 0.929 bits per heavy atom. The van der Waals surface area contributed by atoms with Gasteiger partial charge in [-0.2, -0.15) is 5.26 Å². The summed E-state index contributed by atoms with van der Waals surface area (Å²) in [5.41, 5.74) is 0.999. The van der Waals surface area contributed by atoms with Gasteiger partial charge in [-0.1, -0.05) is 60.7 Å². The molecule has 0 saturated carbocycles. The van der Waals surface area contributed by atoms with Crippen molar-refractivity contribution in [1.29, 1.82) is 5.26 Å². The van der Waals surface area contributed by atoms with Gasteiger partial charge in [-0.05, 0) is 19.1 Å². The summed E-state index contributed by atoms with van der Waals surface area (Å²) in [5.74, 6) is 0. The smallest absolute Gasteiger partial charge is 0.225 e. The summed E-state index contributed by atoms with van der Waals surface area (Å²) in [6.45, 7) is 1.67. The molecule has 2 aromatic heterocycles. The highest BCUT2D eigenvalue weighted by molar-refractivity contribution is 7.85. The molecule has 0 spiro atoms. The lowest BCUT2D eigenvalue weighted by atomic mass is 10.2. The minimum absolute atomic E-state index is 0.0198. The maximum absolute atomic E-state index is 14.4. The third-order valence-electron chi connectivity index (χ3n) is 4.69. The van der Waals surface area contributed by atoms with Crippen molar-refractivity contribution in [2.75, 3.05) is 0 Å². The second-order valence-corrected chi connectivity index (χ2v) is 9.12. The van der Waals surface area contributed by atoms with Crippen LogP contribution in [0.15, 0.2) is 77.6 Å². The van der Waals surface area contributed by atoms with Crippen molar-refractivity contribution >= 4 is 34.2 Å². The number of hydrogen-bond acceptors (Lipinski definition) is 4. The molecule has 28 heavy (non-hydrogen) atoms. The van der Waals surface area contributed by atoms with Gasteiger partial charge < -0.3 is 9.55 Å². The maximum Gasteiger partial charge on any atom is 0.225 e. The number of rotatable bonds is 3. The van der Waals surface area contributed by atoms with Crippen LogP contribution in [0.3, 0.4) is 0 Å². The van der Waals surface area contributed by atoms with E-state index in [0.29, 0.717) is 27.3 Å². The van der Waals surface area contributed by atoms with E-state index in [1.54, 1.807) is 43.3 Å². The second-order valence-electron chi connectivity index (χ2n) is 6.41. The van der Waals surface area contributed by atoms with Crippen molar-refractivity contribution in [2.24, 2.45) is 0 Å². The average Bonchev–Trinajstić information content (AvgIpc) is 2.74. The first-order chi connectivity index (χ1) is 13.6. The number of nitrogens with one attached hydrogen (secondary N) is 1. The first kappa shape index (κ1) is 17.9. The van der Waals surface area contributed by atoms with Crippen LogP contribution < -0.4 is 21.5 Å². The molecule has 2 heterocycles. The summed E-state index contributed by atoms with van der Waals surface area (Å²) >= 11 is 0.